The molecule has 0 bridgehead atoms. The van der Waals surface area contributed by atoms with Gasteiger partial charge in [0.15, 0.2) is 6.61 Å². The summed E-state index contributed by atoms with van der Waals surface area (Å²) in [5, 5.41) is 13.3. The van der Waals surface area contributed by atoms with E-state index in [0.717, 1.165) is 35.5 Å². The molecule has 0 aliphatic carbocycles. The Morgan fingerprint density at radius 3 is 2.76 bits per heavy atom. The zero-order chi connectivity index (χ0) is 20.8. The number of aryl methyl sites for hydroxylation is 1. The first-order chi connectivity index (χ1) is 14.0. The molecule has 7 nitrogen and oxygen atoms in total. The van der Waals surface area contributed by atoms with Crippen molar-refractivity contribution < 1.29 is 14.1 Å². The normalized spacial score (nSPS) is 11.3. The van der Waals surface area contributed by atoms with Gasteiger partial charge in [0.2, 0.25) is 5.82 Å². The molecule has 0 aliphatic heterocycles. The number of carbonyl (C=O) groups excluding carboxylic acids is 1. The van der Waals surface area contributed by atoms with E-state index in [1.54, 1.807) is 6.08 Å². The summed E-state index contributed by atoms with van der Waals surface area (Å²) in [6.07, 6.45) is 2.56. The number of nitriles is 1. The molecule has 0 saturated carbocycles. The number of carbonyl (C=O) groups is 1. The van der Waals surface area contributed by atoms with Crippen LogP contribution in [0.3, 0.4) is 0 Å². The fourth-order valence-corrected chi connectivity index (χ4v) is 3.06. The summed E-state index contributed by atoms with van der Waals surface area (Å²) >= 11 is 0. The van der Waals surface area contributed by atoms with Gasteiger partial charge in [0, 0.05) is 23.5 Å². The van der Waals surface area contributed by atoms with E-state index in [1.807, 2.05) is 56.3 Å². The number of nitrogens with zero attached hydrogens (tertiary/aromatic N) is 4. The van der Waals surface area contributed by atoms with Crippen LogP contribution in [-0.4, -0.2) is 20.7 Å². The van der Waals surface area contributed by atoms with E-state index in [0.29, 0.717) is 5.82 Å². The minimum atomic E-state index is -0.729. The van der Waals surface area contributed by atoms with Gasteiger partial charge >= 0.3 is 5.97 Å². The van der Waals surface area contributed by atoms with E-state index < -0.39 is 5.97 Å². The first-order valence-electron chi connectivity index (χ1n) is 9.37. The van der Waals surface area contributed by atoms with Gasteiger partial charge in [-0.15, -0.1) is 0 Å². The van der Waals surface area contributed by atoms with E-state index in [1.165, 1.54) is 0 Å². The summed E-state index contributed by atoms with van der Waals surface area (Å²) in [6, 6.07) is 13.2. The van der Waals surface area contributed by atoms with E-state index in [-0.39, 0.29) is 18.1 Å². The number of rotatable bonds is 7. The highest BCUT2D eigenvalue weighted by Crippen LogP contribution is 2.20. The van der Waals surface area contributed by atoms with Crippen molar-refractivity contribution in [2.45, 2.75) is 40.3 Å². The van der Waals surface area contributed by atoms with Crippen molar-refractivity contribution in [3.63, 3.8) is 0 Å². The molecule has 1 aromatic carbocycles. The largest absolute Gasteiger partial charge is 0.451 e. The Morgan fingerprint density at radius 1 is 1.31 bits per heavy atom. The first kappa shape index (κ1) is 20.1. The van der Waals surface area contributed by atoms with E-state index >= 15 is 0 Å². The zero-order valence-electron chi connectivity index (χ0n) is 16.7. The fourth-order valence-electron chi connectivity index (χ4n) is 3.06. The lowest BCUT2D eigenvalue weighted by atomic mass is 10.1. The molecular formula is C22H22N4O3. The standard InChI is InChI=1S/C22H22N4O3/c1-4-10-26-15(2)11-18(16(26)3)12-19(13-23)22(27)28-14-20-24-21(25-29-20)17-8-6-5-7-9-17/h5-9,11-12H,4,10,14H2,1-3H3/b19-12+. The van der Waals surface area contributed by atoms with Gasteiger partial charge in [-0.25, -0.2) is 4.79 Å². The van der Waals surface area contributed by atoms with Crippen LogP contribution in [0.2, 0.25) is 0 Å². The van der Waals surface area contributed by atoms with Crippen LogP contribution in [0.15, 0.2) is 46.5 Å². The van der Waals surface area contributed by atoms with Gasteiger partial charge in [0.05, 0.1) is 0 Å². The van der Waals surface area contributed by atoms with Crippen molar-refractivity contribution in [3.05, 3.63) is 64.8 Å². The van der Waals surface area contributed by atoms with Crippen LogP contribution in [0.25, 0.3) is 17.5 Å². The number of aromatic nitrogens is 3. The molecule has 148 valence electrons. The first-order valence-corrected chi connectivity index (χ1v) is 9.37. The van der Waals surface area contributed by atoms with Gasteiger partial charge in [-0.05, 0) is 38.0 Å². The smallest absolute Gasteiger partial charge is 0.349 e. The van der Waals surface area contributed by atoms with Crippen LogP contribution in [0.1, 0.15) is 36.2 Å². The van der Waals surface area contributed by atoms with E-state index in [4.69, 9.17) is 9.26 Å². The van der Waals surface area contributed by atoms with Crippen LogP contribution >= 0.6 is 0 Å². The highest BCUT2D eigenvalue weighted by Gasteiger charge is 2.16. The van der Waals surface area contributed by atoms with Crippen molar-refractivity contribution in [1.29, 1.82) is 5.26 Å². The van der Waals surface area contributed by atoms with Crippen molar-refractivity contribution >= 4 is 12.0 Å². The number of hydrogen-bond donors (Lipinski definition) is 0. The highest BCUT2D eigenvalue weighted by molar-refractivity contribution is 5.98. The molecule has 2 heterocycles. The Balaban J connectivity index is 1.70. The SMILES string of the molecule is CCCn1c(C)cc(/C=C(\C#N)C(=O)OCc2nc(-c3ccccc3)no2)c1C. The van der Waals surface area contributed by atoms with Gasteiger partial charge in [-0.1, -0.05) is 42.4 Å². The molecule has 0 atom stereocenters. The number of hydrogen-bond acceptors (Lipinski definition) is 6. The molecule has 2 aromatic heterocycles. The van der Waals surface area contributed by atoms with Crippen molar-refractivity contribution in [2.75, 3.05) is 0 Å². The van der Waals surface area contributed by atoms with Gasteiger partial charge in [0.1, 0.15) is 11.6 Å². The van der Waals surface area contributed by atoms with Crippen LogP contribution in [0.4, 0.5) is 0 Å². The molecule has 7 heteroatoms. The third kappa shape index (κ3) is 4.61. The van der Waals surface area contributed by atoms with Crippen molar-refractivity contribution in [2.24, 2.45) is 0 Å². The maximum Gasteiger partial charge on any atom is 0.349 e. The van der Waals surface area contributed by atoms with Gasteiger partial charge in [-0.2, -0.15) is 10.2 Å². The fraction of sp³-hybridized carbons (Fsp3) is 0.273. The van der Waals surface area contributed by atoms with E-state index in [9.17, 15) is 10.1 Å². The molecule has 29 heavy (non-hydrogen) atoms. The molecule has 0 spiro atoms. The topological polar surface area (TPSA) is 93.9 Å². The summed E-state index contributed by atoms with van der Waals surface area (Å²) in [7, 11) is 0. The van der Waals surface area contributed by atoms with Gasteiger partial charge < -0.3 is 13.8 Å². The monoisotopic (exact) mass is 390 g/mol. The van der Waals surface area contributed by atoms with Crippen LogP contribution in [-0.2, 0) is 22.7 Å². The molecule has 0 unspecified atom stereocenters. The summed E-state index contributed by atoms with van der Waals surface area (Å²) in [5.74, 6) is -0.154. The van der Waals surface area contributed by atoms with Crippen LogP contribution < -0.4 is 0 Å². The Labute approximate surface area is 169 Å². The quantitative estimate of drug-likeness (QED) is 0.341. The third-order valence-corrected chi connectivity index (χ3v) is 4.53. The minimum Gasteiger partial charge on any atom is -0.451 e. The molecule has 3 aromatic rings. The van der Waals surface area contributed by atoms with E-state index in [2.05, 4.69) is 21.6 Å². The lowest BCUT2D eigenvalue weighted by Gasteiger charge is -2.07. The predicted molar refractivity (Wildman–Crippen MR) is 107 cm³/mol. The number of esters is 1. The average Bonchev–Trinajstić information content (AvgIpc) is 3.31. The minimum absolute atomic E-state index is 0.0791. The maximum absolute atomic E-state index is 12.3. The number of ether oxygens (including phenoxy) is 1. The second kappa shape index (κ2) is 9.02. The predicted octanol–water partition coefficient (Wildman–Crippen LogP) is 4.22. The average molecular weight is 390 g/mol. The van der Waals surface area contributed by atoms with Crippen molar-refractivity contribution in [3.8, 4) is 17.5 Å². The summed E-state index contributed by atoms with van der Waals surface area (Å²) < 4.78 is 12.5. The molecular weight excluding hydrogens is 368 g/mol. The molecule has 0 fully saturated rings. The Bertz CT molecular complexity index is 1070. The summed E-state index contributed by atoms with van der Waals surface area (Å²) in [5.41, 5.74) is 3.64. The molecule has 0 saturated heterocycles. The lowest BCUT2D eigenvalue weighted by Crippen LogP contribution is -2.07. The second-order valence-corrected chi connectivity index (χ2v) is 6.60. The van der Waals surface area contributed by atoms with Crippen LogP contribution in [0, 0.1) is 25.2 Å². The molecule has 0 amide bonds. The Kier molecular flexibility index (Phi) is 6.25. The van der Waals surface area contributed by atoms with Gasteiger partial charge in [0.25, 0.3) is 5.89 Å². The third-order valence-electron chi connectivity index (χ3n) is 4.53. The maximum atomic E-state index is 12.3. The van der Waals surface area contributed by atoms with Crippen LogP contribution in [0.5, 0.6) is 0 Å². The molecule has 0 aliphatic rings. The zero-order valence-corrected chi connectivity index (χ0v) is 16.7. The van der Waals surface area contributed by atoms with Crippen molar-refractivity contribution in [1.82, 2.24) is 14.7 Å². The highest BCUT2D eigenvalue weighted by atomic mass is 16.6. The second-order valence-electron chi connectivity index (χ2n) is 6.60. The molecule has 0 N–H and O–H groups in total. The summed E-state index contributed by atoms with van der Waals surface area (Å²) in [6.45, 7) is 6.77. The molecule has 3 rings (SSSR count). The Morgan fingerprint density at radius 2 is 2.07 bits per heavy atom. The Hall–Kier alpha value is -3.66. The van der Waals surface area contributed by atoms with Gasteiger partial charge in [-0.3, -0.25) is 0 Å². The lowest BCUT2D eigenvalue weighted by molar-refractivity contribution is -0.140. The summed E-state index contributed by atoms with van der Waals surface area (Å²) in [4.78, 5) is 16.6. The number of benzene rings is 1. The molecule has 0 radical (unpaired) electrons.